The first-order valence-electron chi connectivity index (χ1n) is 5.23. The lowest BCUT2D eigenvalue weighted by molar-refractivity contribution is -0.137. The molecule has 2 aromatic rings. The number of aliphatic hydroxyl groups is 1. The number of hydrogen-bond donors (Lipinski definition) is 1. The van der Waals surface area contributed by atoms with E-state index in [4.69, 9.17) is 16.7 Å². The maximum absolute atomic E-state index is 12.5. The minimum absolute atomic E-state index is 0.0904. The summed E-state index contributed by atoms with van der Waals surface area (Å²) in [7, 11) is 0. The standard InChI is InChI=1S/C11H9ClF3N3O/c1-6-9(5-19)16-17-18(6)10-3-2-7(4-8(10)12)11(13,14)15/h2-4,19H,5H2,1H3. The minimum Gasteiger partial charge on any atom is -0.390 e. The van der Waals surface area contributed by atoms with Gasteiger partial charge in [0.2, 0.25) is 0 Å². The van der Waals surface area contributed by atoms with Crippen LogP contribution in [0.5, 0.6) is 0 Å². The van der Waals surface area contributed by atoms with Crippen molar-refractivity contribution in [2.45, 2.75) is 19.7 Å². The molecule has 0 bridgehead atoms. The van der Waals surface area contributed by atoms with E-state index in [1.807, 2.05) is 0 Å². The van der Waals surface area contributed by atoms with E-state index < -0.39 is 11.7 Å². The van der Waals surface area contributed by atoms with Gasteiger partial charge in [0.1, 0.15) is 5.69 Å². The summed E-state index contributed by atoms with van der Waals surface area (Å²) in [5.74, 6) is 0. The van der Waals surface area contributed by atoms with E-state index in [2.05, 4.69) is 10.3 Å². The molecule has 1 heterocycles. The minimum atomic E-state index is -4.45. The van der Waals surface area contributed by atoms with Crippen LogP contribution >= 0.6 is 11.6 Å². The summed E-state index contributed by atoms with van der Waals surface area (Å²) in [4.78, 5) is 0. The van der Waals surface area contributed by atoms with Crippen LogP contribution in [-0.4, -0.2) is 20.1 Å². The van der Waals surface area contributed by atoms with Gasteiger partial charge in [0.25, 0.3) is 0 Å². The van der Waals surface area contributed by atoms with E-state index in [1.54, 1.807) is 6.92 Å². The Hall–Kier alpha value is -1.60. The maximum atomic E-state index is 12.5. The second-order valence-electron chi connectivity index (χ2n) is 3.86. The van der Waals surface area contributed by atoms with Crippen molar-refractivity contribution >= 4 is 11.6 Å². The summed E-state index contributed by atoms with van der Waals surface area (Å²) in [6.07, 6.45) is -4.45. The highest BCUT2D eigenvalue weighted by molar-refractivity contribution is 6.32. The van der Waals surface area contributed by atoms with Crippen LogP contribution in [0.25, 0.3) is 5.69 Å². The molecule has 8 heteroatoms. The van der Waals surface area contributed by atoms with Gasteiger partial charge in [0, 0.05) is 0 Å². The van der Waals surface area contributed by atoms with Crippen LogP contribution in [-0.2, 0) is 12.8 Å². The average Bonchev–Trinajstić information content (AvgIpc) is 2.69. The number of aromatic nitrogens is 3. The molecule has 0 aliphatic heterocycles. The van der Waals surface area contributed by atoms with E-state index in [0.717, 1.165) is 12.1 Å². The molecule has 0 radical (unpaired) electrons. The zero-order valence-electron chi connectivity index (χ0n) is 9.74. The normalized spacial score (nSPS) is 11.9. The second kappa shape index (κ2) is 4.82. The molecule has 0 fully saturated rings. The molecule has 1 N–H and O–H groups in total. The Bertz CT molecular complexity index is 610. The van der Waals surface area contributed by atoms with Gasteiger partial charge in [-0.25, -0.2) is 4.68 Å². The summed E-state index contributed by atoms with van der Waals surface area (Å²) in [6.45, 7) is 1.34. The molecule has 4 nitrogen and oxygen atoms in total. The first-order chi connectivity index (χ1) is 8.84. The molecule has 0 amide bonds. The molecule has 19 heavy (non-hydrogen) atoms. The van der Waals surface area contributed by atoms with Crippen molar-refractivity contribution < 1.29 is 18.3 Å². The van der Waals surface area contributed by atoms with Gasteiger partial charge >= 0.3 is 6.18 Å². The number of nitrogens with zero attached hydrogens (tertiary/aromatic N) is 3. The topological polar surface area (TPSA) is 50.9 Å². The van der Waals surface area contributed by atoms with Crippen LogP contribution in [0.1, 0.15) is 17.0 Å². The fourth-order valence-corrected chi connectivity index (χ4v) is 1.85. The van der Waals surface area contributed by atoms with E-state index in [-0.39, 0.29) is 17.3 Å². The smallest absolute Gasteiger partial charge is 0.390 e. The van der Waals surface area contributed by atoms with Crippen LogP contribution in [0.15, 0.2) is 18.2 Å². The monoisotopic (exact) mass is 291 g/mol. The highest BCUT2D eigenvalue weighted by Crippen LogP contribution is 2.33. The molecule has 0 saturated heterocycles. The summed E-state index contributed by atoms with van der Waals surface area (Å²) in [6, 6.07) is 2.96. The van der Waals surface area contributed by atoms with Gasteiger partial charge in [0.05, 0.1) is 28.6 Å². The lowest BCUT2D eigenvalue weighted by Crippen LogP contribution is -2.07. The highest BCUT2D eigenvalue weighted by atomic mass is 35.5. The van der Waals surface area contributed by atoms with Gasteiger partial charge in [-0.1, -0.05) is 16.8 Å². The predicted molar refractivity (Wildman–Crippen MR) is 62.0 cm³/mol. The summed E-state index contributed by atoms with van der Waals surface area (Å²) >= 11 is 5.84. The summed E-state index contributed by atoms with van der Waals surface area (Å²) in [5, 5.41) is 16.4. The van der Waals surface area contributed by atoms with Gasteiger partial charge < -0.3 is 5.11 Å². The molecule has 1 aromatic heterocycles. The van der Waals surface area contributed by atoms with Crippen LogP contribution in [0.2, 0.25) is 5.02 Å². The van der Waals surface area contributed by atoms with Crippen LogP contribution in [0.4, 0.5) is 13.2 Å². The second-order valence-corrected chi connectivity index (χ2v) is 4.26. The van der Waals surface area contributed by atoms with Gasteiger partial charge in [-0.2, -0.15) is 13.2 Å². The van der Waals surface area contributed by atoms with Crippen LogP contribution < -0.4 is 0 Å². The van der Waals surface area contributed by atoms with E-state index in [1.165, 1.54) is 10.7 Å². The number of halogens is 4. The Morgan fingerprint density at radius 1 is 1.37 bits per heavy atom. The van der Waals surface area contributed by atoms with E-state index >= 15 is 0 Å². The van der Waals surface area contributed by atoms with Gasteiger partial charge in [-0.05, 0) is 25.1 Å². The molecule has 0 aliphatic rings. The number of aliphatic hydroxyl groups excluding tert-OH is 1. The summed E-state index contributed by atoms with van der Waals surface area (Å²) < 4.78 is 38.8. The number of benzene rings is 1. The van der Waals surface area contributed by atoms with Crippen LogP contribution in [0, 0.1) is 6.92 Å². The zero-order chi connectivity index (χ0) is 14.2. The Kier molecular flexibility index (Phi) is 3.51. The lowest BCUT2D eigenvalue weighted by atomic mass is 10.2. The molecule has 1 aromatic carbocycles. The Morgan fingerprint density at radius 3 is 2.53 bits per heavy atom. The SMILES string of the molecule is Cc1c(CO)nnn1-c1ccc(C(F)(F)F)cc1Cl. The van der Waals surface area contributed by atoms with Gasteiger partial charge in [-0.3, -0.25) is 0 Å². The van der Waals surface area contributed by atoms with Crippen LogP contribution in [0.3, 0.4) is 0 Å². The third-order valence-electron chi connectivity index (χ3n) is 2.64. The summed E-state index contributed by atoms with van der Waals surface area (Å²) in [5.41, 5.74) is 0.306. The third kappa shape index (κ3) is 2.57. The quantitative estimate of drug-likeness (QED) is 0.925. The van der Waals surface area contributed by atoms with Crippen molar-refractivity contribution in [2.75, 3.05) is 0 Å². The molecule has 2 rings (SSSR count). The van der Waals surface area contributed by atoms with E-state index in [9.17, 15) is 13.2 Å². The van der Waals surface area contributed by atoms with Crippen molar-refractivity contribution in [3.8, 4) is 5.69 Å². The van der Waals surface area contributed by atoms with Crippen molar-refractivity contribution in [1.82, 2.24) is 15.0 Å². The maximum Gasteiger partial charge on any atom is 0.416 e. The molecule has 0 saturated carbocycles. The third-order valence-corrected chi connectivity index (χ3v) is 2.95. The van der Waals surface area contributed by atoms with Gasteiger partial charge in [-0.15, -0.1) is 5.10 Å². The van der Waals surface area contributed by atoms with E-state index in [0.29, 0.717) is 11.4 Å². The Labute approximate surface area is 111 Å². The fraction of sp³-hybridized carbons (Fsp3) is 0.273. The first kappa shape index (κ1) is 13.8. The fourth-order valence-electron chi connectivity index (χ4n) is 1.59. The molecule has 0 spiro atoms. The number of alkyl halides is 3. The van der Waals surface area contributed by atoms with Crippen molar-refractivity contribution in [2.24, 2.45) is 0 Å². The molecule has 0 aliphatic carbocycles. The Morgan fingerprint density at radius 2 is 2.05 bits per heavy atom. The van der Waals surface area contributed by atoms with Crippen molar-refractivity contribution in [1.29, 1.82) is 0 Å². The average molecular weight is 292 g/mol. The molecule has 102 valence electrons. The number of hydrogen-bond acceptors (Lipinski definition) is 3. The van der Waals surface area contributed by atoms with Gasteiger partial charge in [0.15, 0.2) is 0 Å². The lowest BCUT2D eigenvalue weighted by Gasteiger charge is -2.10. The molecule has 0 unspecified atom stereocenters. The Balaban J connectivity index is 2.49. The number of rotatable bonds is 2. The molecular formula is C11H9ClF3N3O. The molecule has 0 atom stereocenters. The highest BCUT2D eigenvalue weighted by Gasteiger charge is 2.31. The first-order valence-corrected chi connectivity index (χ1v) is 5.61. The zero-order valence-corrected chi connectivity index (χ0v) is 10.5. The van der Waals surface area contributed by atoms with Crippen molar-refractivity contribution in [3.63, 3.8) is 0 Å². The largest absolute Gasteiger partial charge is 0.416 e. The predicted octanol–water partition coefficient (Wildman–Crippen LogP) is 2.74. The van der Waals surface area contributed by atoms with Crippen molar-refractivity contribution in [3.05, 3.63) is 40.2 Å². The molecular weight excluding hydrogens is 283 g/mol.